The molecule has 1 rings (SSSR count). The minimum Gasteiger partial charge on any atom is -0.259 e. The average Bonchev–Trinajstić information content (AvgIpc) is 2.02. The summed E-state index contributed by atoms with van der Waals surface area (Å²) in [5.74, 6) is 0. The van der Waals surface area contributed by atoms with Crippen LogP contribution in [0.3, 0.4) is 0 Å². The Morgan fingerprint density at radius 1 is 1.23 bits per heavy atom. The van der Waals surface area contributed by atoms with Crippen LogP contribution in [0.5, 0.6) is 0 Å². The van der Waals surface area contributed by atoms with Crippen LogP contribution in [-0.2, 0) is 6.54 Å². The molecule has 1 aromatic heterocycles. The van der Waals surface area contributed by atoms with Crippen molar-refractivity contribution in [3.63, 3.8) is 0 Å². The summed E-state index contributed by atoms with van der Waals surface area (Å²) in [5, 5.41) is 0. The quantitative estimate of drug-likeness (QED) is 0.603. The van der Waals surface area contributed by atoms with E-state index in [0.717, 1.165) is 6.08 Å². The SMILES string of the molecule is O=c1[nH]c(=O)n(CC=CF)c(=O)[nH]1. The van der Waals surface area contributed by atoms with E-state index in [0.29, 0.717) is 4.57 Å². The Morgan fingerprint density at radius 2 is 1.77 bits per heavy atom. The van der Waals surface area contributed by atoms with Gasteiger partial charge in [0.1, 0.15) is 0 Å². The highest BCUT2D eigenvalue weighted by Crippen LogP contribution is 1.74. The molecule has 0 amide bonds. The van der Waals surface area contributed by atoms with Gasteiger partial charge in [0.05, 0.1) is 12.9 Å². The van der Waals surface area contributed by atoms with Gasteiger partial charge in [-0.15, -0.1) is 0 Å². The second-order valence-corrected chi connectivity index (χ2v) is 2.16. The molecule has 0 aliphatic rings. The molecule has 0 spiro atoms. The molecule has 1 aromatic rings. The first-order valence-corrected chi connectivity index (χ1v) is 3.34. The number of H-pyrrole nitrogens is 2. The van der Waals surface area contributed by atoms with E-state index in [4.69, 9.17) is 0 Å². The number of aromatic amines is 2. The predicted molar refractivity (Wildman–Crippen MR) is 42.2 cm³/mol. The fourth-order valence-electron chi connectivity index (χ4n) is 0.764. The van der Waals surface area contributed by atoms with Gasteiger partial charge in [-0.25, -0.2) is 23.3 Å². The zero-order chi connectivity index (χ0) is 9.84. The Balaban J connectivity index is 3.30. The minimum atomic E-state index is -0.879. The standard InChI is InChI=1S/C6H6FN3O3/c7-2-1-3-10-5(12)8-4(11)9-6(10)13/h1-2H,3H2,(H2,8,9,11,12,13). The number of aromatic nitrogens is 3. The smallest absolute Gasteiger partial charge is 0.259 e. The summed E-state index contributed by atoms with van der Waals surface area (Å²) in [6.07, 6.45) is 1.17. The van der Waals surface area contributed by atoms with Crippen LogP contribution in [0.2, 0.25) is 0 Å². The molecular formula is C6H6FN3O3. The van der Waals surface area contributed by atoms with Gasteiger partial charge in [0, 0.05) is 0 Å². The molecule has 6 nitrogen and oxygen atoms in total. The Morgan fingerprint density at radius 3 is 2.23 bits per heavy atom. The van der Waals surface area contributed by atoms with Gasteiger partial charge in [-0.2, -0.15) is 0 Å². The first-order valence-electron chi connectivity index (χ1n) is 3.34. The Labute approximate surface area is 70.4 Å². The monoisotopic (exact) mass is 187 g/mol. The number of rotatable bonds is 2. The van der Waals surface area contributed by atoms with E-state index in [-0.39, 0.29) is 12.9 Å². The van der Waals surface area contributed by atoms with Gasteiger partial charge in [-0.3, -0.25) is 9.97 Å². The van der Waals surface area contributed by atoms with E-state index < -0.39 is 17.1 Å². The summed E-state index contributed by atoms with van der Waals surface area (Å²) in [7, 11) is 0. The Kier molecular flexibility index (Phi) is 2.58. The maximum atomic E-state index is 11.5. The number of halogens is 1. The first-order chi connectivity index (χ1) is 6.15. The highest BCUT2D eigenvalue weighted by atomic mass is 19.1. The van der Waals surface area contributed by atoms with E-state index in [1.165, 1.54) is 0 Å². The molecule has 0 aliphatic heterocycles. The van der Waals surface area contributed by atoms with E-state index in [2.05, 4.69) is 0 Å². The molecule has 0 saturated carbocycles. The van der Waals surface area contributed by atoms with Crippen LogP contribution < -0.4 is 17.1 Å². The number of hydrogen-bond donors (Lipinski definition) is 2. The molecule has 0 atom stereocenters. The van der Waals surface area contributed by atoms with E-state index in [1.807, 2.05) is 9.97 Å². The van der Waals surface area contributed by atoms with E-state index in [9.17, 15) is 18.8 Å². The largest absolute Gasteiger partial charge is 0.333 e. The zero-order valence-electron chi connectivity index (χ0n) is 6.41. The van der Waals surface area contributed by atoms with Crippen molar-refractivity contribution >= 4 is 0 Å². The van der Waals surface area contributed by atoms with Crippen LogP contribution in [-0.4, -0.2) is 14.5 Å². The number of allylic oxidation sites excluding steroid dienone is 1. The second kappa shape index (κ2) is 3.65. The molecule has 0 saturated heterocycles. The number of nitrogens with zero attached hydrogens (tertiary/aromatic N) is 1. The first kappa shape index (κ1) is 9.17. The van der Waals surface area contributed by atoms with Gasteiger partial charge >= 0.3 is 17.1 Å². The fourth-order valence-corrected chi connectivity index (χ4v) is 0.764. The van der Waals surface area contributed by atoms with Gasteiger partial charge in [0.2, 0.25) is 0 Å². The van der Waals surface area contributed by atoms with Gasteiger partial charge < -0.3 is 0 Å². The normalized spacial score (nSPS) is 10.8. The van der Waals surface area contributed by atoms with Crippen molar-refractivity contribution in [3.8, 4) is 0 Å². The van der Waals surface area contributed by atoms with Crippen LogP contribution in [0.25, 0.3) is 0 Å². The summed E-state index contributed by atoms with van der Waals surface area (Å²) in [6.45, 7) is -0.221. The van der Waals surface area contributed by atoms with Crippen molar-refractivity contribution in [1.29, 1.82) is 0 Å². The molecule has 0 unspecified atom stereocenters. The topological polar surface area (TPSA) is 87.7 Å². The third-order valence-electron chi connectivity index (χ3n) is 1.31. The summed E-state index contributed by atoms with van der Waals surface area (Å²) in [6, 6.07) is 0. The van der Waals surface area contributed by atoms with Crippen LogP contribution >= 0.6 is 0 Å². The van der Waals surface area contributed by atoms with Crippen LogP contribution in [0.15, 0.2) is 26.8 Å². The van der Waals surface area contributed by atoms with Gasteiger partial charge in [0.25, 0.3) is 0 Å². The fraction of sp³-hybridized carbons (Fsp3) is 0.167. The number of hydrogen-bond acceptors (Lipinski definition) is 3. The average molecular weight is 187 g/mol. The summed E-state index contributed by atoms with van der Waals surface area (Å²) in [5.41, 5.74) is -2.62. The molecular weight excluding hydrogens is 181 g/mol. The maximum Gasteiger partial charge on any atom is 0.333 e. The molecule has 1 heterocycles. The van der Waals surface area contributed by atoms with Crippen LogP contribution in [0, 0.1) is 0 Å². The molecule has 13 heavy (non-hydrogen) atoms. The minimum absolute atomic E-state index is 0.205. The lowest BCUT2D eigenvalue weighted by Crippen LogP contribution is -2.42. The Hall–Kier alpha value is -1.92. The lowest BCUT2D eigenvalue weighted by molar-refractivity contribution is 0.647. The summed E-state index contributed by atoms with van der Waals surface area (Å²) in [4.78, 5) is 36.0. The third-order valence-corrected chi connectivity index (χ3v) is 1.31. The lowest BCUT2D eigenvalue weighted by Gasteiger charge is -1.95. The maximum absolute atomic E-state index is 11.5. The molecule has 70 valence electrons. The van der Waals surface area contributed by atoms with E-state index >= 15 is 0 Å². The summed E-state index contributed by atoms with van der Waals surface area (Å²) < 4.78 is 12.2. The molecule has 0 fully saturated rings. The number of nitrogens with one attached hydrogen (secondary N) is 2. The molecule has 0 aliphatic carbocycles. The molecule has 0 bridgehead atoms. The Bertz CT molecular complexity index is 447. The molecule has 7 heteroatoms. The summed E-state index contributed by atoms with van der Waals surface area (Å²) >= 11 is 0. The van der Waals surface area contributed by atoms with Crippen molar-refractivity contribution in [2.45, 2.75) is 6.54 Å². The molecule has 2 N–H and O–H groups in total. The molecule has 0 radical (unpaired) electrons. The van der Waals surface area contributed by atoms with Gasteiger partial charge in [-0.05, 0) is 6.08 Å². The van der Waals surface area contributed by atoms with E-state index in [1.54, 1.807) is 0 Å². The molecule has 0 aromatic carbocycles. The van der Waals surface area contributed by atoms with Crippen molar-refractivity contribution in [2.24, 2.45) is 0 Å². The second-order valence-electron chi connectivity index (χ2n) is 2.16. The predicted octanol–water partition coefficient (Wildman–Crippen LogP) is -1.29. The van der Waals surface area contributed by atoms with Crippen molar-refractivity contribution < 1.29 is 4.39 Å². The van der Waals surface area contributed by atoms with Crippen LogP contribution in [0.1, 0.15) is 0 Å². The van der Waals surface area contributed by atoms with Crippen LogP contribution in [0.4, 0.5) is 4.39 Å². The third kappa shape index (κ3) is 2.01. The van der Waals surface area contributed by atoms with Gasteiger partial charge in [0.15, 0.2) is 0 Å². The van der Waals surface area contributed by atoms with Crippen molar-refractivity contribution in [3.05, 3.63) is 43.9 Å². The highest BCUT2D eigenvalue weighted by molar-refractivity contribution is 4.77. The zero-order valence-corrected chi connectivity index (χ0v) is 6.41. The van der Waals surface area contributed by atoms with Crippen molar-refractivity contribution in [2.75, 3.05) is 0 Å². The van der Waals surface area contributed by atoms with Crippen molar-refractivity contribution in [1.82, 2.24) is 14.5 Å². The lowest BCUT2D eigenvalue weighted by atomic mass is 10.6. The van der Waals surface area contributed by atoms with Gasteiger partial charge in [-0.1, -0.05) is 0 Å². The highest BCUT2D eigenvalue weighted by Gasteiger charge is 1.99.